The molecule has 0 radical (unpaired) electrons. The summed E-state index contributed by atoms with van der Waals surface area (Å²) in [7, 11) is 0. The van der Waals surface area contributed by atoms with Crippen LogP contribution < -0.4 is 5.32 Å². The zero-order chi connectivity index (χ0) is 15.0. The number of benzene rings is 1. The van der Waals surface area contributed by atoms with E-state index in [0.717, 1.165) is 12.5 Å². The van der Waals surface area contributed by atoms with Gasteiger partial charge in [-0.2, -0.15) is 0 Å². The van der Waals surface area contributed by atoms with Gasteiger partial charge in [-0.3, -0.25) is 0 Å². The van der Waals surface area contributed by atoms with Gasteiger partial charge in [0.25, 0.3) is 0 Å². The highest BCUT2D eigenvalue weighted by Crippen LogP contribution is 2.49. The first-order chi connectivity index (χ1) is 9.26. The maximum absolute atomic E-state index is 6.21. The zero-order valence-corrected chi connectivity index (χ0v) is 14.4. The van der Waals surface area contributed by atoms with E-state index in [4.69, 9.17) is 23.2 Å². The van der Waals surface area contributed by atoms with Crippen LogP contribution in [-0.2, 0) is 5.41 Å². The Bertz CT molecular complexity index is 470. The SMILES string of the molecule is CCC1CC(CNC(C)(C)C)(c2ccc(Cl)c(Cl)c2)C1. The smallest absolute Gasteiger partial charge is 0.0595 e. The minimum atomic E-state index is 0.139. The van der Waals surface area contributed by atoms with Gasteiger partial charge in [0, 0.05) is 17.5 Å². The van der Waals surface area contributed by atoms with Crippen molar-refractivity contribution in [1.82, 2.24) is 5.32 Å². The van der Waals surface area contributed by atoms with Crippen molar-refractivity contribution < 1.29 is 0 Å². The van der Waals surface area contributed by atoms with Crippen LogP contribution in [0.15, 0.2) is 18.2 Å². The van der Waals surface area contributed by atoms with Crippen molar-refractivity contribution in [3.8, 4) is 0 Å². The summed E-state index contributed by atoms with van der Waals surface area (Å²) in [6.07, 6.45) is 3.74. The lowest BCUT2D eigenvalue weighted by molar-refractivity contribution is 0.125. The van der Waals surface area contributed by atoms with Crippen molar-refractivity contribution in [1.29, 1.82) is 0 Å². The topological polar surface area (TPSA) is 12.0 Å². The highest BCUT2D eigenvalue weighted by molar-refractivity contribution is 6.42. The number of rotatable bonds is 4. The van der Waals surface area contributed by atoms with Gasteiger partial charge < -0.3 is 5.32 Å². The number of hydrogen-bond donors (Lipinski definition) is 1. The van der Waals surface area contributed by atoms with Crippen molar-refractivity contribution in [2.75, 3.05) is 6.54 Å². The van der Waals surface area contributed by atoms with E-state index in [1.165, 1.54) is 24.8 Å². The third-order valence-electron chi connectivity index (χ3n) is 4.43. The molecular formula is C17H25Cl2N. The maximum atomic E-state index is 6.21. The molecule has 0 saturated heterocycles. The molecule has 1 aromatic carbocycles. The molecule has 1 aliphatic rings. The summed E-state index contributed by atoms with van der Waals surface area (Å²) < 4.78 is 0. The quantitative estimate of drug-likeness (QED) is 0.780. The van der Waals surface area contributed by atoms with Gasteiger partial charge in [-0.05, 0) is 57.2 Å². The number of halogens is 2. The number of hydrogen-bond acceptors (Lipinski definition) is 1. The molecule has 0 spiro atoms. The third kappa shape index (κ3) is 3.50. The van der Waals surface area contributed by atoms with E-state index in [1.54, 1.807) is 0 Å². The van der Waals surface area contributed by atoms with Gasteiger partial charge in [-0.25, -0.2) is 0 Å². The number of nitrogens with one attached hydrogen (secondary N) is 1. The van der Waals surface area contributed by atoms with E-state index in [9.17, 15) is 0 Å². The molecule has 0 aromatic heterocycles. The lowest BCUT2D eigenvalue weighted by Gasteiger charge is -2.49. The summed E-state index contributed by atoms with van der Waals surface area (Å²) in [5.74, 6) is 0.839. The van der Waals surface area contributed by atoms with E-state index >= 15 is 0 Å². The second kappa shape index (κ2) is 5.87. The lowest BCUT2D eigenvalue weighted by Crippen LogP contribution is -2.52. The van der Waals surface area contributed by atoms with Crippen molar-refractivity contribution in [3.05, 3.63) is 33.8 Å². The Kier molecular flexibility index (Phi) is 4.73. The van der Waals surface area contributed by atoms with Gasteiger partial charge in [0.15, 0.2) is 0 Å². The van der Waals surface area contributed by atoms with Crippen molar-refractivity contribution in [2.24, 2.45) is 5.92 Å². The summed E-state index contributed by atoms with van der Waals surface area (Å²) in [5, 5.41) is 4.97. The van der Waals surface area contributed by atoms with Gasteiger partial charge >= 0.3 is 0 Å². The van der Waals surface area contributed by atoms with E-state index in [1.807, 2.05) is 6.07 Å². The Hall–Kier alpha value is -0.240. The molecule has 0 heterocycles. The summed E-state index contributed by atoms with van der Waals surface area (Å²) in [6.45, 7) is 9.92. The van der Waals surface area contributed by atoms with Crippen molar-refractivity contribution in [2.45, 2.75) is 57.9 Å². The standard InChI is InChI=1S/C17H25Cl2N/c1-5-12-9-17(10-12,11-20-16(2,3)4)13-6-7-14(18)15(19)8-13/h6-8,12,20H,5,9-11H2,1-4H3. The van der Waals surface area contributed by atoms with Crippen molar-refractivity contribution >= 4 is 23.2 Å². The van der Waals surface area contributed by atoms with Crippen LogP contribution in [0.1, 0.15) is 52.5 Å². The largest absolute Gasteiger partial charge is 0.311 e. The Labute approximate surface area is 133 Å². The van der Waals surface area contributed by atoms with Crippen LogP contribution in [0.5, 0.6) is 0 Å². The van der Waals surface area contributed by atoms with Gasteiger partial charge in [-0.15, -0.1) is 0 Å². The van der Waals surface area contributed by atoms with Crippen LogP contribution in [0.25, 0.3) is 0 Å². The average Bonchev–Trinajstić information content (AvgIpc) is 2.31. The minimum absolute atomic E-state index is 0.139. The lowest BCUT2D eigenvalue weighted by atomic mass is 9.57. The Balaban J connectivity index is 2.21. The normalized spacial score (nSPS) is 26.4. The molecule has 112 valence electrons. The molecule has 0 bridgehead atoms. The van der Waals surface area contributed by atoms with E-state index in [2.05, 4.69) is 45.1 Å². The van der Waals surface area contributed by atoms with Gasteiger partial charge in [0.05, 0.1) is 10.0 Å². The summed E-state index contributed by atoms with van der Waals surface area (Å²) in [5.41, 5.74) is 1.69. The predicted molar refractivity (Wildman–Crippen MR) is 88.9 cm³/mol. The highest BCUT2D eigenvalue weighted by atomic mass is 35.5. The maximum Gasteiger partial charge on any atom is 0.0595 e. The van der Waals surface area contributed by atoms with Crippen LogP contribution >= 0.6 is 23.2 Å². The Morgan fingerprint density at radius 1 is 1.20 bits per heavy atom. The second-order valence-electron chi connectivity index (χ2n) is 7.20. The molecule has 3 heteroatoms. The van der Waals surface area contributed by atoms with Crippen LogP contribution in [0.4, 0.5) is 0 Å². The summed E-state index contributed by atoms with van der Waals surface area (Å²) >= 11 is 12.3. The van der Waals surface area contributed by atoms with Crippen molar-refractivity contribution in [3.63, 3.8) is 0 Å². The fourth-order valence-electron chi connectivity index (χ4n) is 3.08. The first-order valence-corrected chi connectivity index (χ1v) is 8.22. The Morgan fingerprint density at radius 2 is 1.85 bits per heavy atom. The molecule has 1 N–H and O–H groups in total. The zero-order valence-electron chi connectivity index (χ0n) is 12.9. The first kappa shape index (κ1) is 16.1. The minimum Gasteiger partial charge on any atom is -0.311 e. The third-order valence-corrected chi connectivity index (χ3v) is 5.16. The molecule has 1 fully saturated rings. The molecule has 1 aromatic rings. The first-order valence-electron chi connectivity index (χ1n) is 7.46. The molecule has 0 atom stereocenters. The fraction of sp³-hybridized carbons (Fsp3) is 0.647. The summed E-state index contributed by atoms with van der Waals surface area (Å²) in [4.78, 5) is 0. The van der Waals surface area contributed by atoms with Gasteiger partial charge in [0.1, 0.15) is 0 Å². The molecule has 20 heavy (non-hydrogen) atoms. The highest BCUT2D eigenvalue weighted by Gasteiger charge is 2.44. The fourth-order valence-corrected chi connectivity index (χ4v) is 3.37. The summed E-state index contributed by atoms with van der Waals surface area (Å²) in [6, 6.07) is 6.13. The molecule has 0 unspecified atom stereocenters. The van der Waals surface area contributed by atoms with Crippen LogP contribution in [-0.4, -0.2) is 12.1 Å². The monoisotopic (exact) mass is 313 g/mol. The molecule has 2 rings (SSSR count). The second-order valence-corrected chi connectivity index (χ2v) is 8.01. The molecule has 0 amide bonds. The van der Waals surface area contributed by atoms with Gasteiger partial charge in [-0.1, -0.05) is 42.6 Å². The van der Waals surface area contributed by atoms with E-state index < -0.39 is 0 Å². The predicted octanol–water partition coefficient (Wildman–Crippen LogP) is 5.44. The molecule has 1 aliphatic carbocycles. The average molecular weight is 314 g/mol. The van der Waals surface area contributed by atoms with E-state index in [-0.39, 0.29) is 11.0 Å². The molecule has 1 saturated carbocycles. The molecular weight excluding hydrogens is 289 g/mol. The molecule has 1 nitrogen and oxygen atoms in total. The van der Waals surface area contributed by atoms with Crippen LogP contribution in [0.2, 0.25) is 10.0 Å². The molecule has 0 aliphatic heterocycles. The van der Waals surface area contributed by atoms with E-state index in [0.29, 0.717) is 10.0 Å². The van der Waals surface area contributed by atoms with Crippen LogP contribution in [0.3, 0.4) is 0 Å². The van der Waals surface area contributed by atoms with Gasteiger partial charge in [0.2, 0.25) is 0 Å². The Morgan fingerprint density at radius 3 is 2.35 bits per heavy atom. The van der Waals surface area contributed by atoms with Crippen LogP contribution in [0, 0.1) is 5.92 Å².